The molecule has 69 heavy (non-hydrogen) atoms. The third kappa shape index (κ3) is 5.37. The fourth-order valence-corrected chi connectivity index (χ4v) is 12.6. The average molecular weight is 896 g/mol. The molecule has 0 saturated heterocycles. The van der Waals surface area contributed by atoms with Gasteiger partial charge in [-0.1, -0.05) is 150 Å². The zero-order valence-corrected chi connectivity index (χ0v) is 42.0. The summed E-state index contributed by atoms with van der Waals surface area (Å²) in [6.45, 7) is 28.1. The predicted molar refractivity (Wildman–Crippen MR) is 297 cm³/mol. The van der Waals surface area contributed by atoms with Crippen LogP contribution in [-0.4, -0.2) is 15.7 Å². The van der Waals surface area contributed by atoms with Crippen molar-refractivity contribution in [1.82, 2.24) is 8.88 Å². The zero-order chi connectivity index (χ0) is 47.6. The summed E-state index contributed by atoms with van der Waals surface area (Å²) >= 11 is 0. The average Bonchev–Trinajstić information content (AvgIpc) is 4.04. The van der Waals surface area contributed by atoms with E-state index in [9.17, 15) is 0 Å². The smallest absolute Gasteiger partial charge is 0.333 e. The maximum Gasteiger partial charge on any atom is 0.333 e. The van der Waals surface area contributed by atoms with E-state index < -0.39 is 0 Å². The normalized spacial score (nSPS) is 14.3. The highest BCUT2D eigenvalue weighted by Crippen LogP contribution is 2.53. The zero-order valence-electron chi connectivity index (χ0n) is 42.0. The van der Waals surface area contributed by atoms with Gasteiger partial charge in [0, 0.05) is 82.8 Å². The van der Waals surface area contributed by atoms with Crippen LogP contribution in [0.1, 0.15) is 105 Å². The van der Waals surface area contributed by atoms with Crippen LogP contribution in [-0.2, 0) is 21.7 Å². The van der Waals surface area contributed by atoms with Gasteiger partial charge in [0.25, 0.3) is 0 Å². The van der Waals surface area contributed by atoms with Crippen molar-refractivity contribution in [2.24, 2.45) is 0 Å². The maximum absolute atomic E-state index is 7.12. The van der Waals surface area contributed by atoms with Gasteiger partial charge in [0.05, 0.1) is 16.6 Å². The number of hydrogen-bond donors (Lipinski definition) is 0. The Morgan fingerprint density at radius 3 is 1.65 bits per heavy atom. The number of anilines is 3. The van der Waals surface area contributed by atoms with Crippen molar-refractivity contribution in [2.75, 3.05) is 4.90 Å². The van der Waals surface area contributed by atoms with Crippen LogP contribution in [0, 0.1) is 0 Å². The van der Waals surface area contributed by atoms with Crippen LogP contribution in [0.25, 0.3) is 93.0 Å². The Labute approximate surface area is 404 Å². The van der Waals surface area contributed by atoms with Gasteiger partial charge in [0.1, 0.15) is 11.2 Å². The van der Waals surface area contributed by atoms with Gasteiger partial charge < -0.3 is 18.2 Å². The minimum atomic E-state index is -0.169. The molecule has 0 aliphatic carbocycles. The number of hydrogen-bond acceptors (Lipinski definition) is 2. The molecular formula is C64H58BN3O. The van der Waals surface area contributed by atoms with Crippen molar-refractivity contribution < 1.29 is 4.42 Å². The third-order valence-electron chi connectivity index (χ3n) is 16.2. The standard InChI is InChI=1S/C64H58BN3O/c1-61(2,3)35-25-26-49-43(30-35)44-31-38(64(10,11)12)32-46-55-54-42-21-15-18-24-52(42)69-53(54)34-51-57(55)65(68(49)59(44)46)58-50(66(51)39-28-36(62(4,5)6)27-37(29-39)63(7,8)9)33-45-40-19-13-16-22-47(40)67-48-23-17-14-20-41(48)56(58)60(45)67/h13-34H,1-12H3. The van der Waals surface area contributed by atoms with E-state index in [0.717, 1.165) is 16.6 Å². The van der Waals surface area contributed by atoms with Crippen molar-refractivity contribution in [3.05, 3.63) is 156 Å². The number of rotatable bonds is 1. The number of fused-ring (bicyclic) bond motifs is 18. The minimum absolute atomic E-state index is 0.0225. The van der Waals surface area contributed by atoms with Crippen LogP contribution in [0.3, 0.4) is 0 Å². The molecule has 5 heteroatoms. The first-order chi connectivity index (χ1) is 32.8. The number of nitrogens with zero attached hydrogens (tertiary/aromatic N) is 3. The van der Waals surface area contributed by atoms with Crippen molar-refractivity contribution >= 4 is 117 Å². The fourth-order valence-electron chi connectivity index (χ4n) is 12.6. The molecule has 0 spiro atoms. The van der Waals surface area contributed by atoms with Crippen LogP contribution in [0.5, 0.6) is 0 Å². The molecule has 0 saturated carbocycles. The van der Waals surface area contributed by atoms with Crippen molar-refractivity contribution in [2.45, 2.75) is 105 Å². The van der Waals surface area contributed by atoms with Crippen molar-refractivity contribution in [1.29, 1.82) is 0 Å². The number of aromatic nitrogens is 2. The molecule has 4 nitrogen and oxygen atoms in total. The van der Waals surface area contributed by atoms with Crippen LogP contribution in [0.2, 0.25) is 0 Å². The highest BCUT2D eigenvalue weighted by atomic mass is 16.3. The molecule has 0 fully saturated rings. The van der Waals surface area contributed by atoms with E-state index >= 15 is 0 Å². The van der Waals surface area contributed by atoms with Crippen LogP contribution >= 0.6 is 0 Å². The summed E-state index contributed by atoms with van der Waals surface area (Å²) in [6.07, 6.45) is 0. The second kappa shape index (κ2) is 13.0. The van der Waals surface area contributed by atoms with Gasteiger partial charge in [-0.05, 0) is 121 Å². The molecule has 0 amide bonds. The van der Waals surface area contributed by atoms with Gasteiger partial charge in [-0.2, -0.15) is 0 Å². The van der Waals surface area contributed by atoms with E-state index in [1.54, 1.807) is 0 Å². The third-order valence-corrected chi connectivity index (χ3v) is 16.2. The summed E-state index contributed by atoms with van der Waals surface area (Å²) in [5.74, 6) is 0. The van der Waals surface area contributed by atoms with Crippen LogP contribution in [0.4, 0.5) is 17.1 Å². The molecule has 14 rings (SSSR count). The Morgan fingerprint density at radius 1 is 0.406 bits per heavy atom. The highest BCUT2D eigenvalue weighted by Gasteiger charge is 2.47. The van der Waals surface area contributed by atoms with E-state index in [1.165, 1.54) is 127 Å². The van der Waals surface area contributed by atoms with Crippen molar-refractivity contribution in [3.63, 3.8) is 0 Å². The SMILES string of the molecule is CC(C)(C)c1cc(N2c3cc4oc5ccccc5c4c4c3B(c3c2cc2c5ccccc5n5c6ccccc6c3c25)n2c3ccc(C(C)(C)C)cc3c3cc(C(C)(C)C)cc-4c32)cc(C(C)(C)C)c1. The molecule has 12 aromatic rings. The molecule has 8 aromatic carbocycles. The van der Waals surface area contributed by atoms with E-state index in [1.807, 2.05) is 0 Å². The Kier molecular flexibility index (Phi) is 7.73. The molecule has 0 bridgehead atoms. The summed E-state index contributed by atoms with van der Waals surface area (Å²) in [6, 6.07) is 51.8. The first-order valence-electron chi connectivity index (χ1n) is 25.0. The first kappa shape index (κ1) is 41.0. The molecule has 2 aliphatic heterocycles. The van der Waals surface area contributed by atoms with Crippen LogP contribution in [0.15, 0.2) is 138 Å². The highest BCUT2D eigenvalue weighted by molar-refractivity contribution is 6.92. The molecule has 0 radical (unpaired) electrons. The largest absolute Gasteiger partial charge is 0.456 e. The van der Waals surface area contributed by atoms with E-state index in [2.05, 4.69) is 230 Å². The predicted octanol–water partition coefficient (Wildman–Crippen LogP) is 16.5. The monoisotopic (exact) mass is 895 g/mol. The Balaban J connectivity index is 1.28. The topological polar surface area (TPSA) is 25.7 Å². The number of furan rings is 1. The Morgan fingerprint density at radius 2 is 0.971 bits per heavy atom. The van der Waals surface area contributed by atoms with Crippen molar-refractivity contribution in [3.8, 4) is 11.1 Å². The molecule has 4 aromatic heterocycles. The molecule has 0 N–H and O–H groups in total. The second-order valence-electron chi connectivity index (χ2n) is 24.6. The lowest BCUT2D eigenvalue weighted by Crippen LogP contribution is -2.57. The first-order valence-corrected chi connectivity index (χ1v) is 25.0. The molecule has 0 atom stereocenters. The maximum atomic E-state index is 7.12. The summed E-state index contributed by atoms with van der Waals surface area (Å²) in [5, 5.41) is 10.2. The Hall–Kier alpha value is -6.98. The second-order valence-corrected chi connectivity index (χ2v) is 24.6. The number of para-hydroxylation sites is 3. The van der Waals surface area contributed by atoms with Gasteiger partial charge in [-0.3, -0.25) is 0 Å². The van der Waals surface area contributed by atoms with Crippen LogP contribution < -0.4 is 15.8 Å². The molecule has 338 valence electrons. The van der Waals surface area contributed by atoms with Gasteiger partial charge in [-0.15, -0.1) is 0 Å². The summed E-state index contributed by atoms with van der Waals surface area (Å²) < 4.78 is 12.5. The lowest BCUT2D eigenvalue weighted by atomic mass is 9.44. The Bertz CT molecular complexity index is 4210. The van der Waals surface area contributed by atoms with Gasteiger partial charge in [0.15, 0.2) is 0 Å². The van der Waals surface area contributed by atoms with Gasteiger partial charge >= 0.3 is 6.85 Å². The summed E-state index contributed by atoms with van der Waals surface area (Å²) in [5.41, 5.74) is 22.0. The summed E-state index contributed by atoms with van der Waals surface area (Å²) in [4.78, 5) is 2.66. The van der Waals surface area contributed by atoms with Gasteiger partial charge in [-0.25, -0.2) is 0 Å². The minimum Gasteiger partial charge on any atom is -0.456 e. The number of benzene rings is 8. The van der Waals surface area contributed by atoms with E-state index in [-0.39, 0.29) is 28.5 Å². The van der Waals surface area contributed by atoms with E-state index in [4.69, 9.17) is 4.42 Å². The van der Waals surface area contributed by atoms with Gasteiger partial charge in [0.2, 0.25) is 0 Å². The quantitative estimate of drug-likeness (QED) is 0.153. The summed E-state index contributed by atoms with van der Waals surface area (Å²) in [7, 11) is 0. The fraction of sp³-hybridized carbons (Fsp3) is 0.250. The molecule has 2 aliphatic rings. The lowest BCUT2D eigenvalue weighted by molar-refractivity contribution is 0.568. The lowest BCUT2D eigenvalue weighted by Gasteiger charge is -2.42. The molecule has 6 heterocycles. The molecular weight excluding hydrogens is 838 g/mol. The molecule has 0 unspecified atom stereocenters. The van der Waals surface area contributed by atoms with E-state index in [0.29, 0.717) is 0 Å².